The second kappa shape index (κ2) is 9.41. The van der Waals surface area contributed by atoms with Crippen LogP contribution in [0.4, 0.5) is 0 Å². The van der Waals surface area contributed by atoms with E-state index in [9.17, 15) is 8.42 Å². The number of hydrogen-bond acceptors (Lipinski definition) is 5. The highest BCUT2D eigenvalue weighted by molar-refractivity contribution is 7.89. The van der Waals surface area contributed by atoms with Crippen LogP contribution in [0.25, 0.3) is 0 Å². The molecule has 0 aromatic heterocycles. The van der Waals surface area contributed by atoms with Crippen molar-refractivity contribution in [3.8, 4) is 11.5 Å². The Morgan fingerprint density at radius 1 is 1.12 bits per heavy atom. The molecular weight excluding hydrogens is 424 g/mol. The molecule has 2 aromatic rings. The first-order chi connectivity index (χ1) is 15.3. The standard InChI is InChI=1S/C25H34N2O4S/c1-25(2)24(26-3)22(15-18-7-5-4-6-8-18)21-16-20(11-12-23(21)31-25)30-14-13-27-32(28,29)17-19-9-10-19/h4-8,11-12,16,19,22,24,26-27H,9-10,13-15,17H2,1-3H3/t22-,24-/m0/s1. The lowest BCUT2D eigenvalue weighted by atomic mass is 9.76. The van der Waals surface area contributed by atoms with Crippen molar-refractivity contribution in [3.05, 3.63) is 59.7 Å². The van der Waals surface area contributed by atoms with E-state index in [2.05, 4.69) is 48.2 Å². The third-order valence-electron chi connectivity index (χ3n) is 6.36. The van der Waals surface area contributed by atoms with Crippen LogP contribution >= 0.6 is 0 Å². The monoisotopic (exact) mass is 458 g/mol. The van der Waals surface area contributed by atoms with Crippen LogP contribution in [0.2, 0.25) is 0 Å². The van der Waals surface area contributed by atoms with Gasteiger partial charge in [-0.3, -0.25) is 0 Å². The van der Waals surface area contributed by atoms with Crippen LogP contribution in [0.15, 0.2) is 48.5 Å². The molecular formula is C25H34N2O4S. The Balaban J connectivity index is 1.47. The number of benzene rings is 2. The average Bonchev–Trinajstić information content (AvgIpc) is 3.55. The summed E-state index contributed by atoms with van der Waals surface area (Å²) in [7, 11) is -1.23. The van der Waals surface area contributed by atoms with Gasteiger partial charge in [-0.15, -0.1) is 0 Å². The van der Waals surface area contributed by atoms with Crippen molar-refractivity contribution in [2.75, 3.05) is 26.0 Å². The maximum atomic E-state index is 12.0. The lowest BCUT2D eigenvalue weighted by Gasteiger charge is -2.45. The zero-order valence-corrected chi connectivity index (χ0v) is 20.0. The number of fused-ring (bicyclic) bond motifs is 1. The summed E-state index contributed by atoms with van der Waals surface area (Å²) in [4.78, 5) is 0. The van der Waals surface area contributed by atoms with Crippen LogP contribution in [0.1, 0.15) is 43.7 Å². The Kier molecular flexibility index (Phi) is 6.79. The molecule has 32 heavy (non-hydrogen) atoms. The minimum absolute atomic E-state index is 0.125. The van der Waals surface area contributed by atoms with Gasteiger partial charge < -0.3 is 14.8 Å². The molecule has 7 heteroatoms. The van der Waals surface area contributed by atoms with E-state index in [4.69, 9.17) is 9.47 Å². The molecule has 0 unspecified atom stereocenters. The Hall–Kier alpha value is -2.09. The zero-order valence-electron chi connectivity index (χ0n) is 19.1. The molecule has 2 aliphatic rings. The first kappa shape index (κ1) is 23.1. The topological polar surface area (TPSA) is 76.7 Å². The Labute approximate surface area is 191 Å². The van der Waals surface area contributed by atoms with Gasteiger partial charge in [0, 0.05) is 18.0 Å². The summed E-state index contributed by atoms with van der Waals surface area (Å²) >= 11 is 0. The lowest BCUT2D eigenvalue weighted by molar-refractivity contribution is 0.0364. The van der Waals surface area contributed by atoms with E-state index in [1.54, 1.807) is 0 Å². The molecule has 2 N–H and O–H groups in total. The van der Waals surface area contributed by atoms with Crippen LogP contribution in [-0.2, 0) is 16.4 Å². The molecule has 0 radical (unpaired) electrons. The molecule has 2 atom stereocenters. The quantitative estimate of drug-likeness (QED) is 0.533. The van der Waals surface area contributed by atoms with Gasteiger partial charge in [0.2, 0.25) is 10.0 Å². The fourth-order valence-electron chi connectivity index (χ4n) is 4.67. The molecule has 2 aromatic carbocycles. The molecule has 174 valence electrons. The van der Waals surface area contributed by atoms with Gasteiger partial charge in [0.25, 0.3) is 0 Å². The SMILES string of the molecule is CN[C@H]1[C@@H](Cc2ccccc2)c2cc(OCCNS(=O)(=O)CC3CC3)ccc2OC1(C)C. The predicted molar refractivity (Wildman–Crippen MR) is 127 cm³/mol. The van der Waals surface area contributed by atoms with Gasteiger partial charge in [-0.25, -0.2) is 13.1 Å². The molecule has 1 aliphatic heterocycles. The lowest BCUT2D eigenvalue weighted by Crippen LogP contribution is -2.55. The third-order valence-corrected chi connectivity index (χ3v) is 7.91. The zero-order chi connectivity index (χ0) is 22.8. The highest BCUT2D eigenvalue weighted by atomic mass is 32.2. The van der Waals surface area contributed by atoms with Crippen molar-refractivity contribution in [1.82, 2.24) is 10.0 Å². The van der Waals surface area contributed by atoms with E-state index >= 15 is 0 Å². The maximum absolute atomic E-state index is 12.0. The van der Waals surface area contributed by atoms with Crippen molar-refractivity contribution < 1.29 is 17.9 Å². The fraction of sp³-hybridized carbons (Fsp3) is 0.520. The van der Waals surface area contributed by atoms with Crippen molar-refractivity contribution in [2.24, 2.45) is 5.92 Å². The molecule has 1 saturated carbocycles. The molecule has 0 bridgehead atoms. The number of ether oxygens (including phenoxy) is 2. The van der Waals surface area contributed by atoms with E-state index in [0.717, 1.165) is 36.3 Å². The average molecular weight is 459 g/mol. The number of nitrogens with one attached hydrogen (secondary N) is 2. The number of hydrogen-bond donors (Lipinski definition) is 2. The number of sulfonamides is 1. The Morgan fingerprint density at radius 3 is 2.56 bits per heavy atom. The molecule has 1 fully saturated rings. The van der Waals surface area contributed by atoms with E-state index in [1.165, 1.54) is 5.56 Å². The molecule has 1 heterocycles. The molecule has 1 aliphatic carbocycles. The van der Waals surface area contributed by atoms with Crippen LogP contribution < -0.4 is 19.5 Å². The maximum Gasteiger partial charge on any atom is 0.211 e. The van der Waals surface area contributed by atoms with Crippen LogP contribution in [0.3, 0.4) is 0 Å². The molecule has 0 amide bonds. The summed E-state index contributed by atoms with van der Waals surface area (Å²) in [5.41, 5.74) is 2.03. The highest BCUT2D eigenvalue weighted by Gasteiger charge is 2.43. The van der Waals surface area contributed by atoms with Gasteiger partial charge >= 0.3 is 0 Å². The predicted octanol–water partition coefficient (Wildman–Crippen LogP) is 3.48. The van der Waals surface area contributed by atoms with Crippen molar-refractivity contribution in [3.63, 3.8) is 0 Å². The van der Waals surface area contributed by atoms with Crippen LogP contribution in [0, 0.1) is 5.92 Å². The summed E-state index contributed by atoms with van der Waals surface area (Å²) in [5.74, 6) is 2.37. The Morgan fingerprint density at radius 2 is 1.88 bits per heavy atom. The molecule has 0 spiro atoms. The van der Waals surface area contributed by atoms with Gasteiger partial charge in [0.1, 0.15) is 23.7 Å². The van der Waals surface area contributed by atoms with E-state index < -0.39 is 10.0 Å². The van der Waals surface area contributed by atoms with Crippen molar-refractivity contribution in [2.45, 2.75) is 50.7 Å². The summed E-state index contributed by atoms with van der Waals surface area (Å²) in [6, 6.07) is 16.5. The molecule has 6 nitrogen and oxygen atoms in total. The molecule has 0 saturated heterocycles. The summed E-state index contributed by atoms with van der Waals surface area (Å²) in [6.45, 7) is 4.79. The fourth-order valence-corrected chi connectivity index (χ4v) is 6.14. The van der Waals surface area contributed by atoms with Crippen molar-refractivity contribution in [1.29, 1.82) is 0 Å². The van der Waals surface area contributed by atoms with Gasteiger partial charge in [0.05, 0.1) is 11.8 Å². The minimum atomic E-state index is -3.21. The van der Waals surface area contributed by atoms with Gasteiger partial charge in [-0.05, 0) is 69.8 Å². The summed E-state index contributed by atoms with van der Waals surface area (Å²) in [5, 5.41) is 3.47. The third kappa shape index (κ3) is 5.63. The Bertz CT molecular complexity index is 1020. The van der Waals surface area contributed by atoms with Crippen LogP contribution in [-0.4, -0.2) is 46.0 Å². The normalized spacial score (nSPS) is 22.1. The minimum Gasteiger partial charge on any atom is -0.492 e. The van der Waals surface area contributed by atoms with Crippen molar-refractivity contribution >= 4 is 10.0 Å². The summed E-state index contributed by atoms with van der Waals surface area (Å²) < 4.78 is 39.0. The van der Waals surface area contributed by atoms with Gasteiger partial charge in [-0.1, -0.05) is 30.3 Å². The highest BCUT2D eigenvalue weighted by Crippen LogP contribution is 2.44. The first-order valence-electron chi connectivity index (χ1n) is 11.4. The van der Waals surface area contributed by atoms with E-state index in [1.807, 2.05) is 31.3 Å². The second-order valence-electron chi connectivity index (χ2n) is 9.44. The summed E-state index contributed by atoms with van der Waals surface area (Å²) in [6.07, 6.45) is 2.92. The van der Waals surface area contributed by atoms with E-state index in [0.29, 0.717) is 5.92 Å². The van der Waals surface area contributed by atoms with Crippen LogP contribution in [0.5, 0.6) is 11.5 Å². The van der Waals surface area contributed by atoms with E-state index in [-0.39, 0.29) is 36.5 Å². The van der Waals surface area contributed by atoms with Gasteiger partial charge in [-0.2, -0.15) is 0 Å². The number of likely N-dealkylation sites (N-methyl/N-ethyl adjacent to an activating group) is 1. The first-order valence-corrected chi connectivity index (χ1v) is 13.1. The smallest absolute Gasteiger partial charge is 0.211 e. The number of rotatable bonds is 10. The largest absolute Gasteiger partial charge is 0.492 e. The van der Waals surface area contributed by atoms with Gasteiger partial charge in [0.15, 0.2) is 0 Å². The molecule has 4 rings (SSSR count). The second-order valence-corrected chi connectivity index (χ2v) is 11.3.